The smallest absolute Gasteiger partial charge is 0.123 e. The van der Waals surface area contributed by atoms with Gasteiger partial charge in [-0.2, -0.15) is 5.26 Å². The number of fused-ring (bicyclic) bond motifs is 1. The molecular formula is C18H16FN3O. The number of ether oxygens (including phenoxy) is 1. The van der Waals surface area contributed by atoms with E-state index >= 15 is 0 Å². The van der Waals surface area contributed by atoms with Crippen molar-refractivity contribution in [3.63, 3.8) is 0 Å². The minimum Gasteiger partial charge on any atom is -0.491 e. The summed E-state index contributed by atoms with van der Waals surface area (Å²) in [5, 5.41) is 10.4. The highest BCUT2D eigenvalue weighted by Crippen LogP contribution is 2.34. The van der Waals surface area contributed by atoms with Gasteiger partial charge in [0.05, 0.1) is 16.8 Å². The van der Waals surface area contributed by atoms with Gasteiger partial charge in [0.15, 0.2) is 0 Å². The molecule has 0 unspecified atom stereocenters. The van der Waals surface area contributed by atoms with Crippen LogP contribution in [0.1, 0.15) is 5.56 Å². The third-order valence-corrected chi connectivity index (χ3v) is 3.81. The quantitative estimate of drug-likeness (QED) is 0.748. The number of nitrogens with two attached hydrogens (primary N) is 1. The molecule has 3 rings (SSSR count). The van der Waals surface area contributed by atoms with Crippen molar-refractivity contribution in [2.24, 2.45) is 7.05 Å². The molecule has 0 spiro atoms. The summed E-state index contributed by atoms with van der Waals surface area (Å²) >= 11 is 0. The normalized spacial score (nSPS) is 10.7. The maximum absolute atomic E-state index is 12.3. The zero-order valence-electron chi connectivity index (χ0n) is 12.7. The van der Waals surface area contributed by atoms with E-state index in [9.17, 15) is 9.65 Å². The van der Waals surface area contributed by atoms with Crippen molar-refractivity contribution in [2.75, 3.05) is 19.0 Å². The predicted octanol–water partition coefficient (Wildman–Crippen LogP) is 3.65. The third kappa shape index (κ3) is 2.59. The number of alkyl halides is 1. The number of halogens is 1. The minimum absolute atomic E-state index is 0.0197. The summed E-state index contributed by atoms with van der Waals surface area (Å²) in [6, 6.07) is 15.1. The molecule has 0 amide bonds. The average Bonchev–Trinajstić information content (AvgIpc) is 2.85. The SMILES string of the molecule is Cn1c(-c2ccc(N)cc2)c(C#N)c2ccc(OCCF)cc21. The molecule has 0 aliphatic heterocycles. The van der Waals surface area contributed by atoms with Crippen LogP contribution in [0.5, 0.6) is 5.75 Å². The van der Waals surface area contributed by atoms with Crippen LogP contribution in [0.15, 0.2) is 42.5 Å². The number of nitrogen functional groups attached to an aromatic ring is 1. The Bertz CT molecular complexity index is 891. The lowest BCUT2D eigenvalue weighted by atomic mass is 10.1. The molecule has 1 heterocycles. The van der Waals surface area contributed by atoms with Crippen LogP contribution in [-0.4, -0.2) is 17.8 Å². The molecular weight excluding hydrogens is 293 g/mol. The predicted molar refractivity (Wildman–Crippen MR) is 89.0 cm³/mol. The van der Waals surface area contributed by atoms with Crippen LogP contribution in [0.2, 0.25) is 0 Å². The van der Waals surface area contributed by atoms with Gasteiger partial charge in [0, 0.05) is 24.2 Å². The average molecular weight is 309 g/mol. The molecule has 2 aromatic carbocycles. The lowest BCUT2D eigenvalue weighted by Crippen LogP contribution is -1.98. The fourth-order valence-electron chi connectivity index (χ4n) is 2.75. The molecule has 0 radical (unpaired) electrons. The van der Waals surface area contributed by atoms with Gasteiger partial charge in [0.25, 0.3) is 0 Å². The topological polar surface area (TPSA) is 64.0 Å². The van der Waals surface area contributed by atoms with Crippen molar-refractivity contribution in [3.8, 4) is 23.1 Å². The molecule has 3 aromatic rings. The van der Waals surface area contributed by atoms with Gasteiger partial charge in [-0.15, -0.1) is 0 Å². The van der Waals surface area contributed by atoms with E-state index in [0.717, 1.165) is 22.2 Å². The number of nitrogens with zero attached hydrogens (tertiary/aromatic N) is 2. The van der Waals surface area contributed by atoms with Crippen LogP contribution in [0, 0.1) is 11.3 Å². The van der Waals surface area contributed by atoms with Crippen LogP contribution >= 0.6 is 0 Å². The van der Waals surface area contributed by atoms with Gasteiger partial charge in [-0.05, 0) is 29.8 Å². The lowest BCUT2D eigenvalue weighted by molar-refractivity contribution is 0.273. The Hall–Kier alpha value is -3.00. The fraction of sp³-hybridized carbons (Fsp3) is 0.167. The van der Waals surface area contributed by atoms with Crippen molar-refractivity contribution in [3.05, 3.63) is 48.0 Å². The van der Waals surface area contributed by atoms with Crippen molar-refractivity contribution >= 4 is 16.6 Å². The molecule has 0 saturated carbocycles. The first-order chi connectivity index (χ1) is 11.2. The maximum Gasteiger partial charge on any atom is 0.123 e. The fourth-order valence-corrected chi connectivity index (χ4v) is 2.75. The van der Waals surface area contributed by atoms with E-state index < -0.39 is 6.67 Å². The number of anilines is 1. The number of nitriles is 1. The molecule has 2 N–H and O–H groups in total. The Balaban J connectivity index is 2.20. The Kier molecular flexibility index (Phi) is 3.90. The van der Waals surface area contributed by atoms with E-state index in [-0.39, 0.29) is 6.61 Å². The lowest BCUT2D eigenvalue weighted by Gasteiger charge is -2.07. The molecule has 0 saturated heterocycles. The third-order valence-electron chi connectivity index (χ3n) is 3.81. The van der Waals surface area contributed by atoms with E-state index in [1.807, 2.05) is 48.0 Å². The Morgan fingerprint density at radius 2 is 1.96 bits per heavy atom. The first-order valence-corrected chi connectivity index (χ1v) is 7.23. The van der Waals surface area contributed by atoms with Gasteiger partial charge < -0.3 is 15.0 Å². The number of benzene rings is 2. The van der Waals surface area contributed by atoms with Crippen molar-refractivity contribution in [1.29, 1.82) is 5.26 Å². The summed E-state index contributed by atoms with van der Waals surface area (Å²) < 4.78 is 19.5. The number of hydrogen-bond acceptors (Lipinski definition) is 3. The molecule has 1 aromatic heterocycles. The highest BCUT2D eigenvalue weighted by atomic mass is 19.1. The highest BCUT2D eigenvalue weighted by molar-refractivity contribution is 5.95. The highest BCUT2D eigenvalue weighted by Gasteiger charge is 2.17. The van der Waals surface area contributed by atoms with Crippen molar-refractivity contribution in [2.45, 2.75) is 0 Å². The van der Waals surface area contributed by atoms with Crippen LogP contribution < -0.4 is 10.5 Å². The number of rotatable bonds is 4. The molecule has 0 bridgehead atoms. The second-order valence-electron chi connectivity index (χ2n) is 5.23. The van der Waals surface area contributed by atoms with Gasteiger partial charge in [-0.3, -0.25) is 0 Å². The largest absolute Gasteiger partial charge is 0.491 e. The maximum atomic E-state index is 12.3. The summed E-state index contributed by atoms with van der Waals surface area (Å²) in [6.07, 6.45) is 0. The van der Waals surface area contributed by atoms with E-state index in [2.05, 4.69) is 6.07 Å². The van der Waals surface area contributed by atoms with E-state index in [0.29, 0.717) is 17.0 Å². The summed E-state index contributed by atoms with van der Waals surface area (Å²) in [4.78, 5) is 0. The van der Waals surface area contributed by atoms with Crippen molar-refractivity contribution in [1.82, 2.24) is 4.57 Å². The van der Waals surface area contributed by atoms with Gasteiger partial charge in [-0.1, -0.05) is 12.1 Å². The van der Waals surface area contributed by atoms with E-state index in [4.69, 9.17) is 10.5 Å². The summed E-state index contributed by atoms with van der Waals surface area (Å²) in [5.74, 6) is 0.587. The minimum atomic E-state index is -0.536. The molecule has 0 aliphatic rings. The molecule has 0 aliphatic carbocycles. The van der Waals surface area contributed by atoms with Gasteiger partial charge in [-0.25, -0.2) is 4.39 Å². The zero-order chi connectivity index (χ0) is 16.4. The Morgan fingerprint density at radius 3 is 2.61 bits per heavy atom. The monoisotopic (exact) mass is 309 g/mol. The van der Waals surface area contributed by atoms with Gasteiger partial charge in [0.2, 0.25) is 0 Å². The second kappa shape index (κ2) is 6.01. The standard InChI is InChI=1S/C18H16FN3O/c1-22-17-10-14(23-9-8-19)6-7-15(17)16(11-20)18(22)12-2-4-13(21)5-3-12/h2-7,10H,8-9,21H2,1H3. The molecule has 0 atom stereocenters. The number of aromatic nitrogens is 1. The second-order valence-corrected chi connectivity index (χ2v) is 5.23. The van der Waals surface area contributed by atoms with Crippen LogP contribution in [0.3, 0.4) is 0 Å². The molecule has 0 fully saturated rings. The molecule has 23 heavy (non-hydrogen) atoms. The van der Waals surface area contributed by atoms with Crippen LogP contribution in [0.25, 0.3) is 22.2 Å². The molecule has 4 nitrogen and oxygen atoms in total. The zero-order valence-corrected chi connectivity index (χ0v) is 12.7. The summed E-state index contributed by atoms with van der Waals surface area (Å²) in [5.41, 5.74) is 9.62. The van der Waals surface area contributed by atoms with E-state index in [1.54, 1.807) is 6.07 Å². The van der Waals surface area contributed by atoms with Gasteiger partial charge >= 0.3 is 0 Å². The van der Waals surface area contributed by atoms with Gasteiger partial charge in [0.1, 0.15) is 25.1 Å². The Morgan fingerprint density at radius 1 is 1.22 bits per heavy atom. The first-order valence-electron chi connectivity index (χ1n) is 7.23. The summed E-state index contributed by atoms with van der Waals surface area (Å²) in [6.45, 7) is -0.517. The Labute approximate surface area is 133 Å². The first kappa shape index (κ1) is 14.9. The van der Waals surface area contributed by atoms with Crippen LogP contribution in [0.4, 0.5) is 10.1 Å². The number of hydrogen-bond donors (Lipinski definition) is 1. The van der Waals surface area contributed by atoms with Crippen molar-refractivity contribution < 1.29 is 9.13 Å². The molecule has 5 heteroatoms. The number of aryl methyl sites for hydroxylation is 1. The summed E-state index contributed by atoms with van der Waals surface area (Å²) in [7, 11) is 1.90. The molecule has 116 valence electrons. The van der Waals surface area contributed by atoms with E-state index in [1.165, 1.54) is 0 Å². The van der Waals surface area contributed by atoms with Crippen LogP contribution in [-0.2, 0) is 7.05 Å².